The van der Waals surface area contributed by atoms with Crippen LogP contribution in [-0.2, 0) is 23.5 Å². The van der Waals surface area contributed by atoms with Gasteiger partial charge < -0.3 is 9.67 Å². The van der Waals surface area contributed by atoms with Crippen molar-refractivity contribution < 1.29 is 13.5 Å². The Morgan fingerprint density at radius 2 is 1.69 bits per heavy atom. The molecule has 6 nitrogen and oxygen atoms in total. The highest BCUT2D eigenvalue weighted by Crippen LogP contribution is 2.35. The van der Waals surface area contributed by atoms with Crippen LogP contribution in [0.25, 0.3) is 33.3 Å². The molecule has 0 aliphatic rings. The van der Waals surface area contributed by atoms with Crippen LogP contribution >= 0.6 is 23.2 Å². The molecule has 0 aliphatic carbocycles. The van der Waals surface area contributed by atoms with Crippen LogP contribution in [0.4, 0.5) is 0 Å². The largest absolute Gasteiger partial charge is 0.492 e. The smallest absolute Gasteiger partial charge is 0.237 e. The second kappa shape index (κ2) is 8.75. The highest BCUT2D eigenvalue weighted by atomic mass is 35.5. The zero-order valence-corrected chi connectivity index (χ0v) is 21.2. The molecule has 0 fully saturated rings. The summed E-state index contributed by atoms with van der Waals surface area (Å²) in [6, 6.07) is 20.1. The number of aromatic nitrogens is 3. The van der Waals surface area contributed by atoms with Crippen molar-refractivity contribution in [1.29, 1.82) is 0 Å². The molecule has 178 valence electrons. The molecule has 35 heavy (non-hydrogen) atoms. The van der Waals surface area contributed by atoms with Gasteiger partial charge in [-0.05, 0) is 47.5 Å². The second-order valence-electron chi connectivity index (χ2n) is 8.41. The van der Waals surface area contributed by atoms with Crippen molar-refractivity contribution in [2.24, 2.45) is 7.05 Å². The first-order valence-electron chi connectivity index (χ1n) is 10.7. The van der Waals surface area contributed by atoms with Gasteiger partial charge in [0.2, 0.25) is 15.9 Å². The summed E-state index contributed by atoms with van der Waals surface area (Å²) in [7, 11) is -1.67. The predicted octanol–water partition coefficient (Wildman–Crippen LogP) is 6.12. The van der Waals surface area contributed by atoms with E-state index in [1.54, 1.807) is 30.5 Å². The number of aromatic hydroxyl groups is 1. The fraction of sp³-hybridized carbons (Fsp3) is 0.115. The molecule has 3 aromatic carbocycles. The summed E-state index contributed by atoms with van der Waals surface area (Å²) >= 11 is 12.2. The van der Waals surface area contributed by atoms with Crippen molar-refractivity contribution in [2.45, 2.75) is 6.42 Å². The van der Waals surface area contributed by atoms with E-state index >= 15 is 0 Å². The summed E-state index contributed by atoms with van der Waals surface area (Å²) < 4.78 is 28.1. The monoisotopic (exact) mass is 525 g/mol. The molecule has 0 bridgehead atoms. The number of hydrogen-bond donors (Lipinski definition) is 1. The summed E-state index contributed by atoms with van der Waals surface area (Å²) in [4.78, 5) is 4.39. The molecule has 2 aromatic heterocycles. The fourth-order valence-corrected chi connectivity index (χ4v) is 5.45. The van der Waals surface area contributed by atoms with Crippen LogP contribution in [-0.4, -0.2) is 33.3 Å². The van der Waals surface area contributed by atoms with E-state index in [2.05, 4.69) is 4.98 Å². The Hall–Kier alpha value is -3.26. The fourth-order valence-electron chi connectivity index (χ4n) is 4.32. The molecule has 5 aromatic rings. The third kappa shape index (κ3) is 4.43. The minimum atomic E-state index is -3.52. The molecule has 0 spiro atoms. The Morgan fingerprint density at radius 3 is 2.37 bits per heavy atom. The maximum absolute atomic E-state index is 12.5. The van der Waals surface area contributed by atoms with Gasteiger partial charge in [0.1, 0.15) is 11.5 Å². The summed E-state index contributed by atoms with van der Waals surface area (Å²) in [6.07, 6.45) is 3.24. The number of imidazole rings is 1. The Labute approximate surface area is 213 Å². The molecule has 0 saturated heterocycles. The van der Waals surface area contributed by atoms with E-state index in [-0.39, 0.29) is 5.88 Å². The van der Waals surface area contributed by atoms with Gasteiger partial charge in [0.25, 0.3) is 0 Å². The zero-order chi connectivity index (χ0) is 24.9. The van der Waals surface area contributed by atoms with Crippen molar-refractivity contribution >= 4 is 44.1 Å². The van der Waals surface area contributed by atoms with Gasteiger partial charge in [0.15, 0.2) is 0 Å². The van der Waals surface area contributed by atoms with Gasteiger partial charge in [-0.2, -0.15) is 4.98 Å². The molecule has 0 saturated carbocycles. The van der Waals surface area contributed by atoms with E-state index in [0.717, 1.165) is 27.6 Å². The third-order valence-electron chi connectivity index (χ3n) is 5.98. The minimum Gasteiger partial charge on any atom is -0.492 e. The van der Waals surface area contributed by atoms with E-state index in [9.17, 15) is 13.5 Å². The Kier molecular flexibility index (Phi) is 5.87. The third-order valence-corrected chi connectivity index (χ3v) is 7.48. The predicted molar refractivity (Wildman–Crippen MR) is 141 cm³/mol. The summed E-state index contributed by atoms with van der Waals surface area (Å²) in [5, 5.41) is 12.5. The van der Waals surface area contributed by atoms with Gasteiger partial charge in [-0.3, -0.25) is 0 Å². The highest BCUT2D eigenvalue weighted by Gasteiger charge is 2.19. The van der Waals surface area contributed by atoms with Crippen molar-refractivity contribution in [3.05, 3.63) is 94.4 Å². The van der Waals surface area contributed by atoms with Crippen LogP contribution in [0.5, 0.6) is 5.88 Å². The van der Waals surface area contributed by atoms with Crippen molar-refractivity contribution in [1.82, 2.24) is 13.5 Å². The lowest BCUT2D eigenvalue weighted by molar-refractivity contribution is 0.457. The molecule has 0 atom stereocenters. The number of benzene rings is 3. The zero-order valence-electron chi connectivity index (χ0n) is 18.9. The SMILES string of the molecule is Cn1c(Cc2ccc3c(c2)c(-c2cccc(Cl)c2)cn3S(C)(=O)=O)nc(O)c1-c1ccc(Cl)cc1. The molecule has 9 heteroatoms. The normalized spacial score (nSPS) is 11.9. The number of fused-ring (bicyclic) bond motifs is 1. The summed E-state index contributed by atoms with van der Waals surface area (Å²) in [5.74, 6) is 0.604. The molecule has 0 unspecified atom stereocenters. The second-order valence-corrected chi connectivity index (χ2v) is 11.1. The molecule has 5 rings (SSSR count). The van der Waals surface area contributed by atoms with Crippen molar-refractivity contribution in [3.8, 4) is 28.3 Å². The van der Waals surface area contributed by atoms with Crippen molar-refractivity contribution in [2.75, 3.05) is 6.26 Å². The van der Waals surface area contributed by atoms with E-state index in [1.807, 2.05) is 54.1 Å². The van der Waals surface area contributed by atoms with Gasteiger partial charge in [0.05, 0.1) is 11.8 Å². The number of nitrogens with zero attached hydrogens (tertiary/aromatic N) is 3. The van der Waals surface area contributed by atoms with E-state index in [1.165, 1.54) is 10.2 Å². The summed E-state index contributed by atoms with van der Waals surface area (Å²) in [6.45, 7) is 0. The molecule has 1 N–H and O–H groups in total. The van der Waals surface area contributed by atoms with E-state index < -0.39 is 10.0 Å². The lowest BCUT2D eigenvalue weighted by atomic mass is 10.0. The number of rotatable bonds is 5. The lowest BCUT2D eigenvalue weighted by Crippen LogP contribution is -2.08. The topological polar surface area (TPSA) is 77.1 Å². The maximum Gasteiger partial charge on any atom is 0.237 e. The van der Waals surface area contributed by atoms with Gasteiger partial charge in [-0.15, -0.1) is 0 Å². The van der Waals surface area contributed by atoms with Gasteiger partial charge in [-0.25, -0.2) is 12.4 Å². The van der Waals surface area contributed by atoms with E-state index in [4.69, 9.17) is 23.2 Å². The molecule has 0 amide bonds. The van der Waals surface area contributed by atoms with Crippen LogP contribution in [0.1, 0.15) is 11.4 Å². The molecular formula is C26H21Cl2N3O3S. The van der Waals surface area contributed by atoms with Crippen LogP contribution in [0, 0.1) is 0 Å². The first-order chi connectivity index (χ1) is 16.6. The Morgan fingerprint density at radius 1 is 0.943 bits per heavy atom. The standard InChI is InChI=1S/C26H21Cl2N3O3S/c1-30-24(29-26(32)25(30)17-7-9-19(27)10-8-17)13-16-6-11-23-21(12-16)22(15-31(23)35(2,33)34)18-4-3-5-20(28)14-18/h3-12,14-15,32H,13H2,1-2H3. The average Bonchev–Trinajstić information content (AvgIpc) is 3.32. The summed E-state index contributed by atoms with van der Waals surface area (Å²) in [5.41, 5.74) is 4.48. The number of halogens is 2. The molecule has 0 radical (unpaired) electrons. The Balaban J connectivity index is 1.61. The van der Waals surface area contributed by atoms with Gasteiger partial charge in [-0.1, -0.05) is 53.5 Å². The van der Waals surface area contributed by atoms with E-state index in [0.29, 0.717) is 33.5 Å². The highest BCUT2D eigenvalue weighted by molar-refractivity contribution is 7.89. The van der Waals surface area contributed by atoms with Crippen molar-refractivity contribution in [3.63, 3.8) is 0 Å². The maximum atomic E-state index is 12.5. The molecule has 2 heterocycles. The van der Waals surface area contributed by atoms with Crippen LogP contribution < -0.4 is 0 Å². The first kappa shape index (κ1) is 23.5. The van der Waals surface area contributed by atoms with Gasteiger partial charge >= 0.3 is 0 Å². The molecular weight excluding hydrogens is 505 g/mol. The molecule has 0 aliphatic heterocycles. The Bertz CT molecular complexity index is 1690. The van der Waals surface area contributed by atoms with Gasteiger partial charge in [0, 0.05) is 46.2 Å². The van der Waals surface area contributed by atoms with Crippen LogP contribution in [0.2, 0.25) is 10.0 Å². The average molecular weight is 526 g/mol. The number of hydrogen-bond acceptors (Lipinski definition) is 4. The first-order valence-corrected chi connectivity index (χ1v) is 13.3. The quantitative estimate of drug-likeness (QED) is 0.299. The lowest BCUT2D eigenvalue weighted by Gasteiger charge is -2.08. The van der Waals surface area contributed by atoms with Crippen LogP contribution in [0.3, 0.4) is 0 Å². The van der Waals surface area contributed by atoms with Crippen LogP contribution in [0.15, 0.2) is 72.9 Å². The minimum absolute atomic E-state index is 0.0613.